The molecule has 0 aromatic heterocycles. The van der Waals surface area contributed by atoms with Gasteiger partial charge in [0.05, 0.1) is 7.13 Å². The lowest BCUT2D eigenvalue weighted by Gasteiger charge is -2.13. The second kappa shape index (κ2) is 7.49. The van der Waals surface area contributed by atoms with E-state index in [-0.39, 0.29) is 0 Å². The molecular weight excluding hydrogens is 188 g/mol. The molecule has 0 atom stereocenters. The van der Waals surface area contributed by atoms with E-state index < -0.39 is 29.4 Å². The summed E-state index contributed by atoms with van der Waals surface area (Å²) in [4.78, 5) is 12.1. The van der Waals surface area contributed by atoms with Crippen LogP contribution in [0.1, 0.15) is 57.5 Å². The Bertz CT molecular complexity index is 329. The SMILES string of the molecule is [2H]C(C(=O)C([2H])(CC)CC)=C(O)C([2H])(CC)CC. The molecule has 0 heterocycles. The number of hydrogen-bond acceptors (Lipinski definition) is 2. The number of carbonyl (C=O) groups excluding carboxylic acids is 1. The zero-order chi connectivity index (χ0) is 14.6. The highest BCUT2D eigenvalue weighted by Gasteiger charge is 2.15. The molecule has 0 radical (unpaired) electrons. The number of rotatable bonds is 7. The van der Waals surface area contributed by atoms with Crippen LogP contribution in [0.25, 0.3) is 0 Å². The maximum Gasteiger partial charge on any atom is 0.162 e. The molecule has 88 valence electrons. The van der Waals surface area contributed by atoms with Crippen LogP contribution < -0.4 is 0 Å². The van der Waals surface area contributed by atoms with Gasteiger partial charge in [0, 0.05) is 20.6 Å². The third kappa shape index (κ3) is 4.50. The molecule has 0 unspecified atom stereocenters. The second-order valence-electron chi connectivity index (χ2n) is 3.42. The number of aliphatic hydroxyl groups excluding tert-OH is 1. The molecule has 0 amide bonds. The average molecular weight is 215 g/mol. The van der Waals surface area contributed by atoms with Crippen molar-refractivity contribution >= 4 is 5.78 Å². The van der Waals surface area contributed by atoms with Gasteiger partial charge in [-0.2, -0.15) is 0 Å². The summed E-state index contributed by atoms with van der Waals surface area (Å²) in [6.45, 7) is 6.90. The van der Waals surface area contributed by atoms with Crippen LogP contribution in [0.5, 0.6) is 0 Å². The molecule has 0 saturated carbocycles. The first-order chi connectivity index (χ1) is 8.22. The van der Waals surface area contributed by atoms with Gasteiger partial charge in [0.15, 0.2) is 5.78 Å². The highest BCUT2D eigenvalue weighted by Crippen LogP contribution is 2.18. The molecule has 0 rings (SSSR count). The van der Waals surface area contributed by atoms with Gasteiger partial charge in [0.25, 0.3) is 0 Å². The zero-order valence-corrected chi connectivity index (χ0v) is 10.2. The minimum absolute atomic E-state index is 0.293. The number of aliphatic hydroxyl groups is 1. The molecule has 1 N–H and O–H groups in total. The third-order valence-corrected chi connectivity index (χ3v) is 2.60. The second-order valence-corrected chi connectivity index (χ2v) is 3.42. The molecule has 2 heteroatoms. The average Bonchev–Trinajstić information content (AvgIpc) is 2.42. The van der Waals surface area contributed by atoms with Gasteiger partial charge in [-0.05, 0) is 25.7 Å². The van der Waals surface area contributed by atoms with E-state index in [1.165, 1.54) is 0 Å². The summed E-state index contributed by atoms with van der Waals surface area (Å²) in [5.74, 6) is -3.86. The normalized spacial score (nSPS) is 17.5. The Morgan fingerprint density at radius 2 is 1.60 bits per heavy atom. The van der Waals surface area contributed by atoms with Gasteiger partial charge in [-0.1, -0.05) is 27.7 Å². The van der Waals surface area contributed by atoms with E-state index in [1.807, 2.05) is 0 Å². The fraction of sp³-hybridized carbons (Fsp3) is 0.769. The molecule has 0 bridgehead atoms. The first-order valence-electron chi connectivity index (χ1n) is 7.17. The third-order valence-electron chi connectivity index (χ3n) is 2.60. The lowest BCUT2D eigenvalue weighted by Crippen LogP contribution is -2.12. The monoisotopic (exact) mass is 215 g/mol. The first kappa shape index (κ1) is 9.44. The molecule has 0 aliphatic carbocycles. The Morgan fingerprint density at radius 3 is 1.93 bits per heavy atom. The largest absolute Gasteiger partial charge is 0.512 e. The summed E-state index contributed by atoms with van der Waals surface area (Å²) in [5, 5.41) is 9.96. The maximum atomic E-state index is 12.1. The first-order valence-corrected chi connectivity index (χ1v) is 5.67. The van der Waals surface area contributed by atoms with Gasteiger partial charge >= 0.3 is 0 Å². The summed E-state index contributed by atoms with van der Waals surface area (Å²) < 4.78 is 23.8. The van der Waals surface area contributed by atoms with Crippen molar-refractivity contribution in [1.29, 1.82) is 0 Å². The number of allylic oxidation sites excluding steroid dienone is 2. The Kier molecular flexibility index (Phi) is 4.72. The smallest absolute Gasteiger partial charge is 0.162 e. The molecule has 0 aliphatic heterocycles. The fourth-order valence-electron chi connectivity index (χ4n) is 1.44. The predicted molar refractivity (Wildman–Crippen MR) is 63.9 cm³/mol. The van der Waals surface area contributed by atoms with E-state index in [4.69, 9.17) is 4.11 Å². The van der Waals surface area contributed by atoms with Crippen molar-refractivity contribution in [2.75, 3.05) is 0 Å². The van der Waals surface area contributed by atoms with Gasteiger partial charge < -0.3 is 5.11 Å². The van der Waals surface area contributed by atoms with E-state index in [9.17, 15) is 9.90 Å². The Labute approximate surface area is 97.6 Å². The Morgan fingerprint density at radius 1 is 1.20 bits per heavy atom. The Hall–Kier alpha value is -0.790. The summed E-state index contributed by atoms with van der Waals surface area (Å²) in [6, 6.07) is -0.576. The number of carbonyl (C=O) groups is 1. The van der Waals surface area contributed by atoms with Gasteiger partial charge in [-0.25, -0.2) is 0 Å². The molecule has 0 fully saturated rings. The number of ketones is 1. The van der Waals surface area contributed by atoms with Gasteiger partial charge in [-0.15, -0.1) is 0 Å². The highest BCUT2D eigenvalue weighted by molar-refractivity contribution is 5.92. The molecule has 0 aliphatic rings. The van der Waals surface area contributed by atoms with Crippen LogP contribution >= 0.6 is 0 Å². The van der Waals surface area contributed by atoms with Crippen LogP contribution in [-0.4, -0.2) is 10.9 Å². The lowest BCUT2D eigenvalue weighted by atomic mass is 9.94. The van der Waals surface area contributed by atoms with Crippen molar-refractivity contribution < 1.29 is 14.0 Å². The Balaban J connectivity index is 5.49. The lowest BCUT2D eigenvalue weighted by molar-refractivity contribution is -0.118. The molecule has 0 saturated heterocycles. The van der Waals surface area contributed by atoms with Crippen molar-refractivity contribution in [2.45, 2.75) is 53.4 Å². The van der Waals surface area contributed by atoms with Crippen LogP contribution in [0, 0.1) is 11.8 Å². The predicted octanol–water partition coefficient (Wildman–Crippen LogP) is 3.87. The van der Waals surface area contributed by atoms with Gasteiger partial charge in [0.2, 0.25) is 0 Å². The summed E-state index contributed by atoms with van der Waals surface area (Å²) in [6.07, 6.45) is 1.24. The number of hydrogen-bond donors (Lipinski definition) is 1. The van der Waals surface area contributed by atoms with Crippen molar-refractivity contribution in [1.82, 2.24) is 0 Å². The van der Waals surface area contributed by atoms with Crippen LogP contribution in [0.3, 0.4) is 0 Å². The topological polar surface area (TPSA) is 37.3 Å². The van der Waals surface area contributed by atoms with Crippen molar-refractivity contribution in [3.8, 4) is 0 Å². The standard InChI is InChI=1S/C13H24O2/c1-5-10(6-2)12(14)9-13(15)11(7-3)8-4/h9-11,14H,5-8H2,1-4H3/i9D,10D,11D. The molecular formula is C13H24O2. The molecule has 15 heavy (non-hydrogen) atoms. The summed E-state index contributed by atoms with van der Waals surface area (Å²) in [5.41, 5.74) is 0. The van der Waals surface area contributed by atoms with Gasteiger partial charge in [0.1, 0.15) is 0 Å². The van der Waals surface area contributed by atoms with E-state index in [0.717, 1.165) is 0 Å². The van der Waals surface area contributed by atoms with E-state index in [2.05, 4.69) is 0 Å². The zero-order valence-electron chi connectivity index (χ0n) is 13.2. The quantitative estimate of drug-likeness (QED) is 0.517. The van der Waals surface area contributed by atoms with Crippen LogP contribution in [0.4, 0.5) is 0 Å². The highest BCUT2D eigenvalue weighted by atomic mass is 16.3. The van der Waals surface area contributed by atoms with Crippen molar-refractivity contribution in [3.05, 3.63) is 11.8 Å². The fourth-order valence-corrected chi connectivity index (χ4v) is 1.44. The molecule has 2 nitrogen and oxygen atoms in total. The summed E-state index contributed by atoms with van der Waals surface area (Å²) in [7, 11) is 0. The minimum Gasteiger partial charge on any atom is -0.512 e. The molecule has 0 spiro atoms. The van der Waals surface area contributed by atoms with E-state index in [1.54, 1.807) is 27.7 Å². The van der Waals surface area contributed by atoms with Crippen LogP contribution in [0.2, 0.25) is 0 Å². The van der Waals surface area contributed by atoms with Crippen molar-refractivity contribution in [2.24, 2.45) is 11.8 Å². The minimum atomic E-state index is -1.37. The molecule has 0 aromatic carbocycles. The van der Waals surface area contributed by atoms with Crippen LogP contribution in [0.15, 0.2) is 11.8 Å². The molecule has 0 aromatic rings. The van der Waals surface area contributed by atoms with E-state index in [0.29, 0.717) is 25.7 Å². The van der Waals surface area contributed by atoms with E-state index >= 15 is 0 Å². The maximum absolute atomic E-state index is 12.1. The van der Waals surface area contributed by atoms with Gasteiger partial charge in [-0.3, -0.25) is 4.79 Å². The summed E-state index contributed by atoms with van der Waals surface area (Å²) >= 11 is 0. The van der Waals surface area contributed by atoms with Crippen molar-refractivity contribution in [3.63, 3.8) is 0 Å². The van der Waals surface area contributed by atoms with Crippen LogP contribution in [-0.2, 0) is 4.79 Å².